The summed E-state index contributed by atoms with van der Waals surface area (Å²) in [5, 5.41) is 27.6. The van der Waals surface area contributed by atoms with Gasteiger partial charge in [0.2, 0.25) is 0 Å². The lowest BCUT2D eigenvalue weighted by Crippen LogP contribution is -2.06. The number of nitrogens with two attached hydrogens (primary N) is 1. The standard InChI is InChI=1S/C18H21N7O/c1-10-15(16-11(2)23-25(5-6-26)12(16)3)14(7-19)18(20)22-17(10)13-8-21-24(4)9-13/h8-9,26H,5-6H2,1-4H3,(H2,20,22). The average Bonchev–Trinajstić information content (AvgIpc) is 3.14. The van der Waals surface area contributed by atoms with Crippen LogP contribution in [0.3, 0.4) is 0 Å². The van der Waals surface area contributed by atoms with E-state index in [2.05, 4.69) is 21.3 Å². The Labute approximate surface area is 151 Å². The second kappa shape index (κ2) is 6.61. The number of nitrogen functional groups attached to an aromatic ring is 1. The molecule has 0 aliphatic heterocycles. The highest BCUT2D eigenvalue weighted by molar-refractivity contribution is 5.85. The number of aromatic nitrogens is 5. The fourth-order valence-electron chi connectivity index (χ4n) is 3.32. The SMILES string of the molecule is Cc1nn(CCO)c(C)c1-c1c(C)c(-c2cnn(C)c2)nc(N)c1C#N. The van der Waals surface area contributed by atoms with Gasteiger partial charge in [-0.2, -0.15) is 15.5 Å². The largest absolute Gasteiger partial charge is 0.394 e. The fourth-order valence-corrected chi connectivity index (χ4v) is 3.32. The number of hydrogen-bond acceptors (Lipinski definition) is 6. The third-order valence-electron chi connectivity index (χ3n) is 4.50. The van der Waals surface area contributed by atoms with Gasteiger partial charge < -0.3 is 10.8 Å². The molecule has 26 heavy (non-hydrogen) atoms. The zero-order valence-corrected chi connectivity index (χ0v) is 15.3. The zero-order valence-electron chi connectivity index (χ0n) is 15.3. The Kier molecular flexibility index (Phi) is 4.49. The number of pyridine rings is 1. The molecule has 0 bridgehead atoms. The molecule has 3 N–H and O–H groups in total. The highest BCUT2D eigenvalue weighted by Crippen LogP contribution is 2.38. The van der Waals surface area contributed by atoms with Gasteiger partial charge in [0.05, 0.1) is 30.7 Å². The van der Waals surface area contributed by atoms with Gasteiger partial charge in [-0.1, -0.05) is 0 Å². The van der Waals surface area contributed by atoms with Crippen LogP contribution in [0.1, 0.15) is 22.5 Å². The number of aliphatic hydroxyl groups is 1. The molecule has 0 fully saturated rings. The number of rotatable bonds is 4. The number of aryl methyl sites for hydroxylation is 2. The number of hydrogen-bond donors (Lipinski definition) is 2. The van der Waals surface area contributed by atoms with Gasteiger partial charge in [0.25, 0.3) is 0 Å². The number of anilines is 1. The van der Waals surface area contributed by atoms with Gasteiger partial charge in [0.15, 0.2) is 0 Å². The van der Waals surface area contributed by atoms with Gasteiger partial charge in [-0.15, -0.1) is 0 Å². The summed E-state index contributed by atoms with van der Waals surface area (Å²) in [5.41, 5.74) is 12.1. The summed E-state index contributed by atoms with van der Waals surface area (Å²) in [6.45, 7) is 6.12. The van der Waals surface area contributed by atoms with E-state index in [4.69, 9.17) is 5.73 Å². The van der Waals surface area contributed by atoms with Crippen molar-refractivity contribution in [2.45, 2.75) is 27.3 Å². The lowest BCUT2D eigenvalue weighted by molar-refractivity contribution is 0.268. The molecule has 3 heterocycles. The molecule has 3 rings (SSSR count). The fraction of sp³-hybridized carbons (Fsp3) is 0.333. The molecule has 134 valence electrons. The molecule has 0 aliphatic rings. The molecule has 3 aromatic heterocycles. The molecule has 3 aromatic rings. The van der Waals surface area contributed by atoms with Crippen LogP contribution >= 0.6 is 0 Å². The Bertz CT molecular complexity index is 1020. The third-order valence-corrected chi connectivity index (χ3v) is 4.50. The van der Waals surface area contributed by atoms with Crippen molar-refractivity contribution >= 4 is 5.82 Å². The smallest absolute Gasteiger partial charge is 0.142 e. The van der Waals surface area contributed by atoms with Crippen LogP contribution in [0.15, 0.2) is 12.4 Å². The molecule has 0 spiro atoms. The molecule has 0 saturated carbocycles. The minimum absolute atomic E-state index is 0.00902. The lowest BCUT2D eigenvalue weighted by Gasteiger charge is -2.14. The Balaban J connectivity index is 2.34. The number of nitriles is 1. The molecule has 8 nitrogen and oxygen atoms in total. The van der Waals surface area contributed by atoms with Crippen molar-refractivity contribution in [3.63, 3.8) is 0 Å². The van der Waals surface area contributed by atoms with E-state index in [1.165, 1.54) is 0 Å². The van der Waals surface area contributed by atoms with Crippen LogP contribution in [0.2, 0.25) is 0 Å². The van der Waals surface area contributed by atoms with Crippen LogP contribution in [-0.4, -0.2) is 36.3 Å². The summed E-state index contributed by atoms with van der Waals surface area (Å²) < 4.78 is 3.44. The molecule has 8 heteroatoms. The van der Waals surface area contributed by atoms with Crippen molar-refractivity contribution in [3.8, 4) is 28.5 Å². The third kappa shape index (κ3) is 2.72. The maximum Gasteiger partial charge on any atom is 0.142 e. The quantitative estimate of drug-likeness (QED) is 0.739. The van der Waals surface area contributed by atoms with Crippen molar-refractivity contribution in [1.82, 2.24) is 24.5 Å². The van der Waals surface area contributed by atoms with E-state index in [9.17, 15) is 10.4 Å². The van der Waals surface area contributed by atoms with Gasteiger partial charge >= 0.3 is 0 Å². The molecule has 0 aliphatic carbocycles. The van der Waals surface area contributed by atoms with Crippen LogP contribution in [0.25, 0.3) is 22.4 Å². The Morgan fingerprint density at radius 3 is 2.58 bits per heavy atom. The monoisotopic (exact) mass is 351 g/mol. The molecule has 0 radical (unpaired) electrons. The molecular formula is C18H21N7O. The number of aliphatic hydroxyl groups excluding tert-OH is 1. The highest BCUT2D eigenvalue weighted by Gasteiger charge is 2.24. The van der Waals surface area contributed by atoms with Crippen molar-refractivity contribution in [2.75, 3.05) is 12.3 Å². The second-order valence-electron chi connectivity index (χ2n) is 6.23. The minimum atomic E-state index is -0.00902. The molecular weight excluding hydrogens is 330 g/mol. The predicted octanol–water partition coefficient (Wildman–Crippen LogP) is 1.72. The van der Waals surface area contributed by atoms with Crippen LogP contribution < -0.4 is 5.73 Å². The van der Waals surface area contributed by atoms with Gasteiger partial charge in [-0.25, -0.2) is 4.98 Å². The molecule has 0 saturated heterocycles. The summed E-state index contributed by atoms with van der Waals surface area (Å²) in [6.07, 6.45) is 3.58. The molecule has 0 unspecified atom stereocenters. The van der Waals surface area contributed by atoms with Crippen LogP contribution in [0, 0.1) is 32.1 Å². The van der Waals surface area contributed by atoms with E-state index in [0.717, 1.165) is 33.6 Å². The summed E-state index contributed by atoms with van der Waals surface area (Å²) in [7, 11) is 1.83. The first-order valence-corrected chi connectivity index (χ1v) is 8.23. The van der Waals surface area contributed by atoms with E-state index in [0.29, 0.717) is 17.8 Å². The van der Waals surface area contributed by atoms with Crippen molar-refractivity contribution in [2.24, 2.45) is 7.05 Å². The van der Waals surface area contributed by atoms with Gasteiger partial charge in [-0.05, 0) is 26.3 Å². The summed E-state index contributed by atoms with van der Waals surface area (Å²) in [5.74, 6) is 0.181. The van der Waals surface area contributed by atoms with Crippen LogP contribution in [0.4, 0.5) is 5.82 Å². The zero-order chi connectivity index (χ0) is 19.0. The Morgan fingerprint density at radius 2 is 2.00 bits per heavy atom. The maximum atomic E-state index is 9.69. The van der Waals surface area contributed by atoms with Crippen LogP contribution in [0.5, 0.6) is 0 Å². The van der Waals surface area contributed by atoms with E-state index in [1.807, 2.05) is 34.0 Å². The normalized spacial score (nSPS) is 10.9. The van der Waals surface area contributed by atoms with E-state index < -0.39 is 0 Å². The highest BCUT2D eigenvalue weighted by atomic mass is 16.3. The second-order valence-corrected chi connectivity index (χ2v) is 6.23. The van der Waals surface area contributed by atoms with Crippen molar-refractivity contribution in [3.05, 3.63) is 34.9 Å². The van der Waals surface area contributed by atoms with Crippen molar-refractivity contribution < 1.29 is 5.11 Å². The average molecular weight is 351 g/mol. The molecule has 0 aromatic carbocycles. The topological polar surface area (TPSA) is 119 Å². The Hall–Kier alpha value is -3.18. The maximum absolute atomic E-state index is 9.69. The van der Waals surface area contributed by atoms with E-state index in [1.54, 1.807) is 15.6 Å². The van der Waals surface area contributed by atoms with E-state index in [-0.39, 0.29) is 12.4 Å². The first-order chi connectivity index (χ1) is 12.4. The van der Waals surface area contributed by atoms with Crippen LogP contribution in [-0.2, 0) is 13.6 Å². The first-order valence-electron chi connectivity index (χ1n) is 8.23. The van der Waals surface area contributed by atoms with Gasteiger partial charge in [0, 0.05) is 35.6 Å². The van der Waals surface area contributed by atoms with Crippen molar-refractivity contribution in [1.29, 1.82) is 5.26 Å². The van der Waals surface area contributed by atoms with Gasteiger partial charge in [-0.3, -0.25) is 9.36 Å². The summed E-state index contributed by atoms with van der Waals surface area (Å²) in [4.78, 5) is 4.45. The van der Waals surface area contributed by atoms with E-state index >= 15 is 0 Å². The minimum Gasteiger partial charge on any atom is -0.394 e. The Morgan fingerprint density at radius 1 is 1.27 bits per heavy atom. The molecule has 0 atom stereocenters. The lowest BCUT2D eigenvalue weighted by atomic mass is 9.92. The predicted molar refractivity (Wildman–Crippen MR) is 98.1 cm³/mol. The summed E-state index contributed by atoms with van der Waals surface area (Å²) >= 11 is 0. The number of nitrogens with zero attached hydrogens (tertiary/aromatic N) is 6. The molecule has 0 amide bonds. The summed E-state index contributed by atoms with van der Waals surface area (Å²) in [6, 6.07) is 2.19. The van der Waals surface area contributed by atoms with Gasteiger partial charge in [0.1, 0.15) is 17.5 Å². The first kappa shape index (κ1) is 17.6.